The van der Waals surface area contributed by atoms with Crippen LogP contribution in [-0.4, -0.2) is 53.3 Å². The molecule has 2 amide bonds. The summed E-state index contributed by atoms with van der Waals surface area (Å²) in [6, 6.07) is -0.351. The molecule has 3 aliphatic rings. The fourth-order valence-electron chi connectivity index (χ4n) is 4.51. The number of likely N-dealkylation sites (tertiary alicyclic amines) is 2. The number of nitrogens with two attached hydrogens (primary N) is 1. The molecule has 0 radical (unpaired) electrons. The number of primary amides is 1. The van der Waals surface area contributed by atoms with E-state index < -0.39 is 0 Å². The Bertz CT molecular complexity index is 414. The van der Waals surface area contributed by atoms with Crippen molar-refractivity contribution in [1.29, 1.82) is 0 Å². The summed E-state index contributed by atoms with van der Waals surface area (Å²) < 4.78 is 0. The van der Waals surface area contributed by atoms with Crippen LogP contribution in [0.3, 0.4) is 0 Å². The van der Waals surface area contributed by atoms with Gasteiger partial charge in [0.1, 0.15) is 0 Å². The molecule has 5 nitrogen and oxygen atoms in total. The first-order valence-electron chi connectivity index (χ1n) is 9.00. The summed E-state index contributed by atoms with van der Waals surface area (Å²) in [6.07, 6.45) is 10.1. The van der Waals surface area contributed by atoms with Gasteiger partial charge in [-0.15, -0.1) is 0 Å². The van der Waals surface area contributed by atoms with Crippen molar-refractivity contribution in [2.45, 2.75) is 69.9 Å². The van der Waals surface area contributed by atoms with Crippen LogP contribution >= 0.6 is 0 Å². The Balaban J connectivity index is 1.69. The molecule has 1 unspecified atom stereocenters. The van der Waals surface area contributed by atoms with Crippen LogP contribution < -0.4 is 5.73 Å². The zero-order valence-electron chi connectivity index (χ0n) is 13.5. The zero-order valence-corrected chi connectivity index (χ0v) is 13.5. The van der Waals surface area contributed by atoms with Crippen LogP contribution in [0.2, 0.25) is 0 Å². The SMILES string of the molecule is NC(=O)C1CC[C@@H](C(=O)N2CCCC2)N1CC1CCCCC1. The van der Waals surface area contributed by atoms with Crippen molar-refractivity contribution in [3.05, 3.63) is 0 Å². The predicted octanol–water partition coefficient (Wildman–Crippen LogP) is 1.51. The second kappa shape index (κ2) is 6.99. The van der Waals surface area contributed by atoms with Gasteiger partial charge < -0.3 is 10.6 Å². The largest absolute Gasteiger partial charge is 0.368 e. The summed E-state index contributed by atoms with van der Waals surface area (Å²) in [4.78, 5) is 28.7. The number of hydrogen-bond acceptors (Lipinski definition) is 3. The van der Waals surface area contributed by atoms with Gasteiger partial charge in [-0.2, -0.15) is 0 Å². The fourth-order valence-corrected chi connectivity index (χ4v) is 4.51. The van der Waals surface area contributed by atoms with Gasteiger partial charge in [0.25, 0.3) is 0 Å². The number of hydrogen-bond donors (Lipinski definition) is 1. The van der Waals surface area contributed by atoms with Crippen LogP contribution in [0.25, 0.3) is 0 Å². The van der Waals surface area contributed by atoms with E-state index in [2.05, 4.69) is 4.90 Å². The molecule has 3 fully saturated rings. The van der Waals surface area contributed by atoms with Crippen molar-refractivity contribution in [2.75, 3.05) is 19.6 Å². The van der Waals surface area contributed by atoms with Crippen LogP contribution in [0.4, 0.5) is 0 Å². The van der Waals surface area contributed by atoms with E-state index in [1.807, 2.05) is 4.90 Å². The van der Waals surface area contributed by atoms with E-state index in [1.165, 1.54) is 32.1 Å². The number of amides is 2. The fraction of sp³-hybridized carbons (Fsp3) is 0.882. The highest BCUT2D eigenvalue weighted by Crippen LogP contribution is 2.31. The third-order valence-corrected chi connectivity index (χ3v) is 5.74. The maximum atomic E-state index is 12.8. The topological polar surface area (TPSA) is 66.6 Å². The minimum Gasteiger partial charge on any atom is -0.368 e. The maximum absolute atomic E-state index is 12.8. The first-order chi connectivity index (χ1) is 10.7. The monoisotopic (exact) mass is 307 g/mol. The molecule has 0 bridgehead atoms. The summed E-state index contributed by atoms with van der Waals surface area (Å²) in [7, 11) is 0. The van der Waals surface area contributed by atoms with Gasteiger partial charge in [0.2, 0.25) is 11.8 Å². The number of carbonyl (C=O) groups excluding carboxylic acids is 2. The lowest BCUT2D eigenvalue weighted by Crippen LogP contribution is -2.51. The number of rotatable bonds is 4. The van der Waals surface area contributed by atoms with Gasteiger partial charge in [-0.3, -0.25) is 14.5 Å². The standard InChI is InChI=1S/C17H29N3O2/c18-16(21)14-8-9-15(17(22)19-10-4-5-11-19)20(14)12-13-6-2-1-3-7-13/h13-15H,1-12H2,(H2,18,21)/t14?,15-/m0/s1. The van der Waals surface area contributed by atoms with Crippen molar-refractivity contribution in [1.82, 2.24) is 9.80 Å². The highest BCUT2D eigenvalue weighted by molar-refractivity contribution is 5.86. The Morgan fingerprint density at radius 3 is 2.14 bits per heavy atom. The maximum Gasteiger partial charge on any atom is 0.239 e. The van der Waals surface area contributed by atoms with E-state index in [1.54, 1.807) is 0 Å². The molecular weight excluding hydrogens is 278 g/mol. The molecule has 3 rings (SSSR count). The molecule has 0 spiro atoms. The van der Waals surface area contributed by atoms with Crippen molar-refractivity contribution >= 4 is 11.8 Å². The van der Waals surface area contributed by atoms with Crippen molar-refractivity contribution < 1.29 is 9.59 Å². The number of nitrogens with zero attached hydrogens (tertiary/aromatic N) is 2. The third kappa shape index (κ3) is 3.29. The van der Waals surface area contributed by atoms with E-state index in [9.17, 15) is 9.59 Å². The molecule has 1 aliphatic carbocycles. The molecule has 2 aliphatic heterocycles. The summed E-state index contributed by atoms with van der Waals surface area (Å²) >= 11 is 0. The lowest BCUT2D eigenvalue weighted by molar-refractivity contribution is -0.136. The summed E-state index contributed by atoms with van der Waals surface area (Å²) in [5.41, 5.74) is 5.60. The summed E-state index contributed by atoms with van der Waals surface area (Å²) in [5, 5.41) is 0. The first-order valence-corrected chi connectivity index (χ1v) is 9.00. The van der Waals surface area contributed by atoms with Crippen LogP contribution in [0.1, 0.15) is 57.8 Å². The van der Waals surface area contributed by atoms with Gasteiger partial charge in [-0.1, -0.05) is 19.3 Å². The van der Waals surface area contributed by atoms with Gasteiger partial charge in [0.05, 0.1) is 12.1 Å². The Labute approximate surface area is 133 Å². The molecule has 2 heterocycles. The Kier molecular flexibility index (Phi) is 5.01. The predicted molar refractivity (Wildman–Crippen MR) is 85.1 cm³/mol. The number of carbonyl (C=O) groups is 2. The lowest BCUT2D eigenvalue weighted by atomic mass is 9.88. The minimum absolute atomic E-state index is 0.113. The molecule has 0 aromatic carbocycles. The molecular formula is C17H29N3O2. The molecule has 1 saturated carbocycles. The zero-order chi connectivity index (χ0) is 15.5. The van der Waals surface area contributed by atoms with Crippen LogP contribution in [0, 0.1) is 5.92 Å². The lowest BCUT2D eigenvalue weighted by Gasteiger charge is -2.34. The Morgan fingerprint density at radius 2 is 1.50 bits per heavy atom. The van der Waals surface area contributed by atoms with E-state index in [0.717, 1.165) is 45.3 Å². The molecule has 5 heteroatoms. The molecule has 0 aromatic rings. The van der Waals surface area contributed by atoms with E-state index in [4.69, 9.17) is 5.73 Å². The molecule has 2 N–H and O–H groups in total. The van der Waals surface area contributed by atoms with Gasteiger partial charge >= 0.3 is 0 Å². The molecule has 124 valence electrons. The molecule has 22 heavy (non-hydrogen) atoms. The smallest absolute Gasteiger partial charge is 0.239 e. The Hall–Kier alpha value is -1.10. The minimum atomic E-state index is -0.257. The van der Waals surface area contributed by atoms with Crippen LogP contribution in [0.5, 0.6) is 0 Å². The van der Waals surface area contributed by atoms with E-state index >= 15 is 0 Å². The second-order valence-corrected chi connectivity index (χ2v) is 7.24. The average molecular weight is 307 g/mol. The quantitative estimate of drug-likeness (QED) is 0.856. The van der Waals surface area contributed by atoms with Gasteiger partial charge in [-0.25, -0.2) is 0 Å². The van der Waals surface area contributed by atoms with Crippen molar-refractivity contribution in [3.63, 3.8) is 0 Å². The van der Waals surface area contributed by atoms with Gasteiger partial charge in [0, 0.05) is 19.6 Å². The van der Waals surface area contributed by atoms with Gasteiger partial charge in [0.15, 0.2) is 0 Å². The molecule has 0 aromatic heterocycles. The average Bonchev–Trinajstić information content (AvgIpc) is 3.17. The van der Waals surface area contributed by atoms with Crippen molar-refractivity contribution in [2.24, 2.45) is 11.7 Å². The highest BCUT2D eigenvalue weighted by atomic mass is 16.2. The summed E-state index contributed by atoms with van der Waals surface area (Å²) in [6.45, 7) is 2.64. The Morgan fingerprint density at radius 1 is 0.864 bits per heavy atom. The first kappa shape index (κ1) is 15.8. The summed E-state index contributed by atoms with van der Waals surface area (Å²) in [5.74, 6) is 0.604. The highest BCUT2D eigenvalue weighted by Gasteiger charge is 2.43. The molecule has 2 atom stereocenters. The van der Waals surface area contributed by atoms with Crippen LogP contribution in [-0.2, 0) is 9.59 Å². The van der Waals surface area contributed by atoms with Crippen molar-refractivity contribution in [3.8, 4) is 0 Å². The van der Waals surface area contributed by atoms with E-state index in [-0.39, 0.29) is 23.9 Å². The normalized spacial score (nSPS) is 30.8. The van der Waals surface area contributed by atoms with E-state index in [0.29, 0.717) is 5.92 Å². The second-order valence-electron chi connectivity index (χ2n) is 7.24. The third-order valence-electron chi connectivity index (χ3n) is 5.74. The van der Waals surface area contributed by atoms with Crippen LogP contribution in [0.15, 0.2) is 0 Å². The molecule has 2 saturated heterocycles. The van der Waals surface area contributed by atoms with Gasteiger partial charge in [-0.05, 0) is 44.4 Å².